The summed E-state index contributed by atoms with van der Waals surface area (Å²) >= 11 is 0. The van der Waals surface area contributed by atoms with E-state index in [0.717, 1.165) is 4.90 Å². The lowest BCUT2D eigenvalue weighted by Gasteiger charge is -2.35. The highest BCUT2D eigenvalue weighted by Crippen LogP contribution is 2.33. The Bertz CT molecular complexity index is 1270. The van der Waals surface area contributed by atoms with Gasteiger partial charge in [0.1, 0.15) is 5.82 Å². The number of hydrogen-bond donors (Lipinski definition) is 1. The number of carbonyl (C=O) groups excluding carboxylic acids is 3. The molecule has 1 aliphatic heterocycles. The van der Waals surface area contributed by atoms with Crippen LogP contribution < -0.4 is 5.32 Å². The fourth-order valence-electron chi connectivity index (χ4n) is 3.61. The van der Waals surface area contributed by atoms with Crippen molar-refractivity contribution in [3.63, 3.8) is 0 Å². The Morgan fingerprint density at radius 2 is 1.75 bits per heavy atom. The minimum absolute atomic E-state index is 0.0161. The maximum atomic E-state index is 13.6. The molecule has 1 aliphatic rings. The molecule has 3 heterocycles. The van der Waals surface area contributed by atoms with Gasteiger partial charge in [-0.1, -0.05) is 5.21 Å². The van der Waals surface area contributed by atoms with E-state index in [9.17, 15) is 31.9 Å². The predicted molar refractivity (Wildman–Crippen MR) is 115 cm³/mol. The molecule has 3 amide bonds. The number of carbonyl (C=O) groups is 3. The van der Waals surface area contributed by atoms with E-state index in [0.29, 0.717) is 23.9 Å². The molecule has 0 bridgehead atoms. The maximum Gasteiger partial charge on any atom is 0.417 e. The first-order valence-corrected chi connectivity index (χ1v) is 10.7. The van der Waals surface area contributed by atoms with Crippen LogP contribution in [0.2, 0.25) is 0 Å². The van der Waals surface area contributed by atoms with Gasteiger partial charge < -0.3 is 15.1 Å². The van der Waals surface area contributed by atoms with E-state index in [2.05, 4.69) is 20.6 Å². The summed E-state index contributed by atoms with van der Waals surface area (Å²) in [5, 5.41) is 10.1. The predicted octanol–water partition coefficient (Wildman–Crippen LogP) is 1.53. The number of nitrogens with zero attached hydrogens (tertiary/aromatic N) is 6. The smallest absolute Gasteiger partial charge is 0.342 e. The molecule has 14 heteroatoms. The minimum atomic E-state index is -4.82. The van der Waals surface area contributed by atoms with Crippen LogP contribution >= 0.6 is 0 Å². The lowest BCUT2D eigenvalue weighted by Crippen LogP contribution is -2.52. The van der Waals surface area contributed by atoms with Crippen LogP contribution in [-0.4, -0.2) is 80.2 Å². The quantitative estimate of drug-likeness (QED) is 0.527. The third-order valence-electron chi connectivity index (χ3n) is 5.47. The van der Waals surface area contributed by atoms with Gasteiger partial charge >= 0.3 is 6.18 Å². The largest absolute Gasteiger partial charge is 0.417 e. The average molecular weight is 505 g/mol. The molecule has 2 aromatic heterocycles. The number of amides is 3. The summed E-state index contributed by atoms with van der Waals surface area (Å²) in [6, 6.07) is 5.14. The molecule has 4 rings (SSSR count). The molecule has 10 nitrogen and oxygen atoms in total. The second-order valence-electron chi connectivity index (χ2n) is 7.80. The van der Waals surface area contributed by atoms with Crippen molar-refractivity contribution in [2.45, 2.75) is 6.18 Å². The molecule has 1 N–H and O–H groups in total. The zero-order valence-electron chi connectivity index (χ0n) is 18.6. The van der Waals surface area contributed by atoms with Gasteiger partial charge in [-0.2, -0.15) is 13.2 Å². The van der Waals surface area contributed by atoms with E-state index in [-0.39, 0.29) is 38.4 Å². The lowest BCUT2D eigenvalue weighted by atomic mass is 10.0. The Morgan fingerprint density at radius 3 is 2.42 bits per heavy atom. The van der Waals surface area contributed by atoms with E-state index in [1.54, 1.807) is 18.3 Å². The van der Waals surface area contributed by atoms with Gasteiger partial charge in [-0.05, 0) is 30.3 Å². The van der Waals surface area contributed by atoms with Crippen molar-refractivity contribution in [2.75, 3.05) is 32.7 Å². The first kappa shape index (κ1) is 24.8. The van der Waals surface area contributed by atoms with Gasteiger partial charge in [0.2, 0.25) is 5.91 Å². The second-order valence-corrected chi connectivity index (χ2v) is 7.80. The Labute approximate surface area is 201 Å². The minimum Gasteiger partial charge on any atom is -0.342 e. The van der Waals surface area contributed by atoms with Gasteiger partial charge in [0, 0.05) is 32.4 Å². The molecule has 36 heavy (non-hydrogen) atoms. The first-order chi connectivity index (χ1) is 17.1. The Balaban J connectivity index is 1.30. The molecule has 3 aromatic rings. The van der Waals surface area contributed by atoms with Gasteiger partial charge in [0.25, 0.3) is 11.8 Å². The SMILES string of the molecule is O=C(NCC(=O)N1CCN(C(=O)c2cc(F)ccc2C(F)(F)F)CC1)c1cn(-c2cccnc2)nn1. The topological polar surface area (TPSA) is 113 Å². The molecule has 0 saturated carbocycles. The lowest BCUT2D eigenvalue weighted by molar-refractivity contribution is -0.138. The molecule has 188 valence electrons. The number of piperazine rings is 1. The van der Waals surface area contributed by atoms with E-state index in [4.69, 9.17) is 0 Å². The molecular weight excluding hydrogens is 486 g/mol. The number of hydrogen-bond acceptors (Lipinski definition) is 6. The number of pyridine rings is 1. The van der Waals surface area contributed by atoms with Crippen LogP contribution in [0.5, 0.6) is 0 Å². The molecule has 0 radical (unpaired) electrons. The highest BCUT2D eigenvalue weighted by molar-refractivity contribution is 5.96. The molecule has 1 aromatic carbocycles. The fourth-order valence-corrected chi connectivity index (χ4v) is 3.61. The normalized spacial score (nSPS) is 14.0. The summed E-state index contributed by atoms with van der Waals surface area (Å²) in [4.78, 5) is 43.9. The van der Waals surface area contributed by atoms with Gasteiger partial charge in [0.05, 0.1) is 35.8 Å². The molecule has 0 atom stereocenters. The highest BCUT2D eigenvalue weighted by atomic mass is 19.4. The summed E-state index contributed by atoms with van der Waals surface area (Å²) < 4.78 is 54.6. The van der Waals surface area contributed by atoms with Gasteiger partial charge in [-0.3, -0.25) is 19.4 Å². The van der Waals surface area contributed by atoms with Gasteiger partial charge in [-0.25, -0.2) is 9.07 Å². The van der Waals surface area contributed by atoms with Gasteiger partial charge in [-0.15, -0.1) is 5.10 Å². The van der Waals surface area contributed by atoms with Crippen LogP contribution in [0.3, 0.4) is 0 Å². The number of benzene rings is 1. The number of alkyl halides is 3. The fraction of sp³-hybridized carbons (Fsp3) is 0.273. The molecule has 0 spiro atoms. The van der Waals surface area contributed by atoms with Crippen LogP contribution in [0.1, 0.15) is 26.4 Å². The monoisotopic (exact) mass is 505 g/mol. The van der Waals surface area contributed by atoms with Gasteiger partial charge in [0.15, 0.2) is 5.69 Å². The maximum absolute atomic E-state index is 13.6. The zero-order valence-corrected chi connectivity index (χ0v) is 18.6. The number of aromatic nitrogens is 4. The van der Waals surface area contributed by atoms with E-state index in [1.807, 2.05) is 0 Å². The summed E-state index contributed by atoms with van der Waals surface area (Å²) in [7, 11) is 0. The molecule has 0 aliphatic carbocycles. The van der Waals surface area contributed by atoms with Crippen molar-refractivity contribution in [3.8, 4) is 5.69 Å². The average Bonchev–Trinajstić information content (AvgIpc) is 3.37. The third-order valence-corrected chi connectivity index (χ3v) is 5.47. The van der Waals surface area contributed by atoms with Crippen molar-refractivity contribution in [1.82, 2.24) is 35.1 Å². The van der Waals surface area contributed by atoms with Crippen molar-refractivity contribution in [2.24, 2.45) is 0 Å². The number of rotatable bonds is 5. The summed E-state index contributed by atoms with van der Waals surface area (Å²) in [5.74, 6) is -3.01. The molecule has 0 unspecified atom stereocenters. The highest BCUT2D eigenvalue weighted by Gasteiger charge is 2.37. The Morgan fingerprint density at radius 1 is 1.03 bits per heavy atom. The molecule has 1 saturated heterocycles. The van der Waals surface area contributed by atoms with Crippen LogP contribution in [0.15, 0.2) is 48.9 Å². The molecular formula is C22H19F4N7O3. The van der Waals surface area contributed by atoms with Crippen molar-refractivity contribution < 1.29 is 31.9 Å². The van der Waals surface area contributed by atoms with E-state index >= 15 is 0 Å². The van der Waals surface area contributed by atoms with Crippen LogP contribution in [0.25, 0.3) is 5.69 Å². The summed E-state index contributed by atoms with van der Waals surface area (Å²) in [6.07, 6.45) is -0.333. The van der Waals surface area contributed by atoms with E-state index in [1.165, 1.54) is 22.0 Å². The van der Waals surface area contributed by atoms with Crippen molar-refractivity contribution in [1.29, 1.82) is 0 Å². The second kappa shape index (κ2) is 10.1. The Hall–Kier alpha value is -4.36. The van der Waals surface area contributed by atoms with Crippen LogP contribution in [0.4, 0.5) is 17.6 Å². The van der Waals surface area contributed by atoms with Crippen LogP contribution in [0, 0.1) is 5.82 Å². The van der Waals surface area contributed by atoms with Crippen molar-refractivity contribution >= 4 is 17.7 Å². The number of halogens is 4. The van der Waals surface area contributed by atoms with Crippen molar-refractivity contribution in [3.05, 3.63) is 71.6 Å². The van der Waals surface area contributed by atoms with E-state index < -0.39 is 40.8 Å². The molecule has 1 fully saturated rings. The zero-order chi connectivity index (χ0) is 25.9. The number of nitrogens with one attached hydrogen (secondary N) is 1. The first-order valence-electron chi connectivity index (χ1n) is 10.7. The summed E-state index contributed by atoms with van der Waals surface area (Å²) in [6.45, 7) is -0.380. The van der Waals surface area contributed by atoms with Crippen LogP contribution in [-0.2, 0) is 11.0 Å². The Kier molecular flexibility index (Phi) is 6.94. The summed E-state index contributed by atoms with van der Waals surface area (Å²) in [5.41, 5.74) is -1.43. The standard InChI is InChI=1S/C22H19F4N7O3/c23-14-3-4-17(22(24,25)26)16(10-14)21(36)32-8-6-31(7-9-32)19(34)12-28-20(35)18-13-33(30-29-18)15-2-1-5-27-11-15/h1-5,10-11,13H,6-9,12H2,(H,28,35). The third kappa shape index (κ3) is 5.47.